The van der Waals surface area contributed by atoms with E-state index in [1.54, 1.807) is 16.8 Å². The van der Waals surface area contributed by atoms with Gasteiger partial charge in [-0.1, -0.05) is 29.8 Å². The van der Waals surface area contributed by atoms with E-state index in [-0.39, 0.29) is 11.9 Å². The molecule has 0 saturated carbocycles. The first-order valence-corrected chi connectivity index (χ1v) is 9.50. The molecular weight excluding hydrogens is 365 g/mol. The largest absolute Gasteiger partial charge is 0.377 e. The van der Waals surface area contributed by atoms with Gasteiger partial charge in [0.25, 0.3) is 0 Å². The molecule has 0 spiro atoms. The van der Waals surface area contributed by atoms with Crippen LogP contribution in [0.4, 0.5) is 4.39 Å². The van der Waals surface area contributed by atoms with Crippen LogP contribution in [-0.2, 0) is 11.3 Å². The fourth-order valence-corrected chi connectivity index (χ4v) is 3.54. The quantitative estimate of drug-likeness (QED) is 0.674. The SMILES string of the molecule is Fc1ccc(-n2cc(CNCC3CCCO3)c(-c3ccccc3Cl)n2)cc1. The highest BCUT2D eigenvalue weighted by Crippen LogP contribution is 2.30. The Kier molecular flexibility index (Phi) is 5.53. The van der Waals surface area contributed by atoms with Crippen LogP contribution in [0.3, 0.4) is 0 Å². The highest BCUT2D eigenvalue weighted by molar-refractivity contribution is 6.33. The molecule has 27 heavy (non-hydrogen) atoms. The van der Waals surface area contributed by atoms with Gasteiger partial charge in [0.2, 0.25) is 0 Å². The highest BCUT2D eigenvalue weighted by Gasteiger charge is 2.17. The van der Waals surface area contributed by atoms with Crippen molar-refractivity contribution >= 4 is 11.6 Å². The summed E-state index contributed by atoms with van der Waals surface area (Å²) in [5, 5.41) is 8.85. The maximum Gasteiger partial charge on any atom is 0.123 e. The van der Waals surface area contributed by atoms with E-state index in [9.17, 15) is 4.39 Å². The van der Waals surface area contributed by atoms with Gasteiger partial charge in [0.15, 0.2) is 0 Å². The minimum absolute atomic E-state index is 0.268. The van der Waals surface area contributed by atoms with Crippen LogP contribution in [0.5, 0.6) is 0 Å². The van der Waals surface area contributed by atoms with Crippen molar-refractivity contribution < 1.29 is 9.13 Å². The number of hydrogen-bond donors (Lipinski definition) is 1. The summed E-state index contributed by atoms with van der Waals surface area (Å²) in [5.74, 6) is -0.268. The van der Waals surface area contributed by atoms with E-state index in [1.807, 2.05) is 30.5 Å². The van der Waals surface area contributed by atoms with Crippen LogP contribution in [0, 0.1) is 5.82 Å². The van der Waals surface area contributed by atoms with Crippen LogP contribution in [-0.4, -0.2) is 29.0 Å². The van der Waals surface area contributed by atoms with Gasteiger partial charge in [-0.05, 0) is 43.2 Å². The van der Waals surface area contributed by atoms with Crippen molar-refractivity contribution in [3.05, 3.63) is 71.1 Å². The van der Waals surface area contributed by atoms with Gasteiger partial charge < -0.3 is 10.1 Å². The first-order valence-electron chi connectivity index (χ1n) is 9.12. The Hall–Kier alpha value is -2.21. The normalized spacial score (nSPS) is 16.7. The van der Waals surface area contributed by atoms with E-state index >= 15 is 0 Å². The van der Waals surface area contributed by atoms with Gasteiger partial charge in [0, 0.05) is 37.0 Å². The van der Waals surface area contributed by atoms with Gasteiger partial charge in [0.1, 0.15) is 5.82 Å². The molecule has 3 aromatic rings. The number of benzene rings is 2. The smallest absolute Gasteiger partial charge is 0.123 e. The second kappa shape index (κ2) is 8.21. The molecule has 0 amide bonds. The number of rotatable bonds is 6. The summed E-state index contributed by atoms with van der Waals surface area (Å²) >= 11 is 6.41. The zero-order chi connectivity index (χ0) is 18.6. The van der Waals surface area contributed by atoms with Gasteiger partial charge in [-0.25, -0.2) is 9.07 Å². The Morgan fingerprint density at radius 3 is 2.74 bits per heavy atom. The summed E-state index contributed by atoms with van der Waals surface area (Å²) in [7, 11) is 0. The molecule has 1 saturated heterocycles. The highest BCUT2D eigenvalue weighted by atomic mass is 35.5. The molecule has 2 aromatic carbocycles. The molecule has 4 nitrogen and oxygen atoms in total. The van der Waals surface area contributed by atoms with Gasteiger partial charge in [0.05, 0.1) is 22.5 Å². The molecule has 1 aliphatic heterocycles. The molecule has 6 heteroatoms. The van der Waals surface area contributed by atoms with Crippen molar-refractivity contribution in [2.24, 2.45) is 0 Å². The third kappa shape index (κ3) is 4.21. The summed E-state index contributed by atoms with van der Waals surface area (Å²) in [6, 6.07) is 14.0. The monoisotopic (exact) mass is 385 g/mol. The summed E-state index contributed by atoms with van der Waals surface area (Å²) in [4.78, 5) is 0. The summed E-state index contributed by atoms with van der Waals surface area (Å²) in [5.41, 5.74) is 3.54. The molecule has 0 radical (unpaired) electrons. The zero-order valence-corrected chi connectivity index (χ0v) is 15.6. The first-order chi connectivity index (χ1) is 13.2. The number of halogens is 2. The lowest BCUT2D eigenvalue weighted by Crippen LogP contribution is -2.25. The fourth-order valence-electron chi connectivity index (χ4n) is 3.32. The van der Waals surface area contributed by atoms with E-state index in [4.69, 9.17) is 21.4 Å². The van der Waals surface area contributed by atoms with Gasteiger partial charge in [-0.2, -0.15) is 5.10 Å². The van der Waals surface area contributed by atoms with Crippen LogP contribution in [0.25, 0.3) is 16.9 Å². The van der Waals surface area contributed by atoms with E-state index in [0.29, 0.717) is 11.6 Å². The topological polar surface area (TPSA) is 39.1 Å². The number of aromatic nitrogens is 2. The lowest BCUT2D eigenvalue weighted by molar-refractivity contribution is 0.110. The number of hydrogen-bond acceptors (Lipinski definition) is 3. The summed E-state index contributed by atoms with van der Waals surface area (Å²) in [6.45, 7) is 2.31. The van der Waals surface area contributed by atoms with Crippen LogP contribution in [0.1, 0.15) is 18.4 Å². The van der Waals surface area contributed by atoms with Crippen LogP contribution < -0.4 is 5.32 Å². The molecule has 140 valence electrons. The van der Waals surface area contributed by atoms with Crippen molar-refractivity contribution in [1.29, 1.82) is 0 Å². The van der Waals surface area contributed by atoms with Gasteiger partial charge in [-0.3, -0.25) is 0 Å². The molecule has 0 bridgehead atoms. The van der Waals surface area contributed by atoms with Crippen molar-refractivity contribution in [2.45, 2.75) is 25.5 Å². The Balaban J connectivity index is 1.62. The second-order valence-electron chi connectivity index (χ2n) is 6.67. The third-order valence-corrected chi connectivity index (χ3v) is 5.05. The Morgan fingerprint density at radius 1 is 1.19 bits per heavy atom. The average molecular weight is 386 g/mol. The molecule has 1 aromatic heterocycles. The van der Waals surface area contributed by atoms with Gasteiger partial charge in [-0.15, -0.1) is 0 Å². The molecule has 1 unspecified atom stereocenters. The summed E-state index contributed by atoms with van der Waals surface area (Å²) in [6.07, 6.45) is 4.47. The van der Waals surface area contributed by atoms with E-state index < -0.39 is 0 Å². The molecule has 1 atom stereocenters. The lowest BCUT2D eigenvalue weighted by Gasteiger charge is -2.10. The van der Waals surface area contributed by atoms with E-state index in [0.717, 1.165) is 48.5 Å². The summed E-state index contributed by atoms with van der Waals surface area (Å²) < 4.78 is 20.7. The molecule has 2 heterocycles. The predicted molar refractivity (Wildman–Crippen MR) is 105 cm³/mol. The van der Waals surface area contributed by atoms with Crippen LogP contribution in [0.15, 0.2) is 54.7 Å². The van der Waals surface area contributed by atoms with Crippen molar-refractivity contribution in [1.82, 2.24) is 15.1 Å². The Morgan fingerprint density at radius 2 is 2.00 bits per heavy atom. The third-order valence-electron chi connectivity index (χ3n) is 4.72. The Labute approximate surface area is 162 Å². The minimum atomic E-state index is -0.268. The standard InChI is InChI=1S/C21H21ClFN3O/c22-20-6-2-1-5-19(20)21-15(12-24-13-18-4-3-11-27-18)14-26(25-21)17-9-7-16(23)8-10-17/h1-2,5-10,14,18,24H,3-4,11-13H2. The molecule has 0 aliphatic carbocycles. The minimum Gasteiger partial charge on any atom is -0.377 e. The maximum absolute atomic E-state index is 13.3. The average Bonchev–Trinajstić information content (AvgIpc) is 3.33. The zero-order valence-electron chi connectivity index (χ0n) is 14.9. The van der Waals surface area contributed by atoms with E-state index in [1.165, 1.54) is 12.1 Å². The fraction of sp³-hybridized carbons (Fsp3) is 0.286. The number of nitrogens with zero attached hydrogens (tertiary/aromatic N) is 2. The van der Waals surface area contributed by atoms with Gasteiger partial charge >= 0.3 is 0 Å². The second-order valence-corrected chi connectivity index (χ2v) is 7.08. The molecule has 1 N–H and O–H groups in total. The van der Waals surface area contributed by atoms with Crippen molar-refractivity contribution in [2.75, 3.05) is 13.2 Å². The van der Waals surface area contributed by atoms with Crippen molar-refractivity contribution in [3.63, 3.8) is 0 Å². The molecular formula is C21H21ClFN3O. The Bertz CT molecular complexity index is 904. The van der Waals surface area contributed by atoms with Crippen LogP contribution in [0.2, 0.25) is 5.02 Å². The van der Waals surface area contributed by atoms with E-state index in [2.05, 4.69) is 5.32 Å². The predicted octanol–water partition coefficient (Wildman–Crippen LogP) is 4.60. The number of nitrogens with one attached hydrogen (secondary N) is 1. The van der Waals surface area contributed by atoms with Crippen molar-refractivity contribution in [3.8, 4) is 16.9 Å². The molecule has 1 aliphatic rings. The first kappa shape index (κ1) is 18.2. The molecule has 1 fully saturated rings. The maximum atomic E-state index is 13.3. The number of ether oxygens (including phenoxy) is 1. The lowest BCUT2D eigenvalue weighted by atomic mass is 10.1. The molecule has 4 rings (SSSR count). The van der Waals surface area contributed by atoms with Crippen LogP contribution >= 0.6 is 11.6 Å².